The van der Waals surface area contributed by atoms with E-state index in [1.165, 1.54) is 11.1 Å². The summed E-state index contributed by atoms with van der Waals surface area (Å²) in [6.07, 6.45) is 7.09. The van der Waals surface area contributed by atoms with Crippen molar-refractivity contribution in [2.75, 3.05) is 6.54 Å². The van der Waals surface area contributed by atoms with Crippen LogP contribution >= 0.6 is 0 Å². The number of fused-ring (bicyclic) bond motifs is 2. The number of rotatable bonds is 4. The van der Waals surface area contributed by atoms with Gasteiger partial charge in [0.25, 0.3) is 0 Å². The highest BCUT2D eigenvalue weighted by Gasteiger charge is 2.25. The van der Waals surface area contributed by atoms with Gasteiger partial charge in [-0.1, -0.05) is 36.4 Å². The molecule has 2 aromatic carbocycles. The Kier molecular flexibility index (Phi) is 3.71. The largest absolute Gasteiger partial charge is 0.457 e. The van der Waals surface area contributed by atoms with E-state index in [0.29, 0.717) is 0 Å². The van der Waals surface area contributed by atoms with Crippen LogP contribution in [0.15, 0.2) is 48.5 Å². The van der Waals surface area contributed by atoms with Gasteiger partial charge in [0.05, 0.1) is 6.04 Å². The average molecular weight is 263 g/mol. The van der Waals surface area contributed by atoms with Crippen LogP contribution in [0.25, 0.3) is 0 Å². The fourth-order valence-electron chi connectivity index (χ4n) is 2.57. The summed E-state index contributed by atoms with van der Waals surface area (Å²) >= 11 is 0. The highest BCUT2D eigenvalue weighted by Crippen LogP contribution is 2.42. The van der Waals surface area contributed by atoms with Gasteiger partial charge in [0.15, 0.2) is 0 Å². The van der Waals surface area contributed by atoms with Crippen LogP contribution in [-0.2, 0) is 0 Å². The first-order valence-electron chi connectivity index (χ1n) is 6.92. The molecule has 2 aromatic rings. The lowest BCUT2D eigenvalue weighted by molar-refractivity contribution is 0.427. The molecule has 0 fully saturated rings. The Morgan fingerprint density at radius 2 is 1.60 bits per heavy atom. The van der Waals surface area contributed by atoms with E-state index in [-0.39, 0.29) is 6.04 Å². The zero-order valence-corrected chi connectivity index (χ0v) is 11.3. The molecular formula is C18H17NO. The Bertz CT molecular complexity index is 596. The van der Waals surface area contributed by atoms with Gasteiger partial charge in [-0.2, -0.15) is 0 Å². The van der Waals surface area contributed by atoms with Crippen LogP contribution in [0.1, 0.15) is 30.0 Å². The second kappa shape index (κ2) is 5.81. The molecule has 1 aliphatic rings. The minimum atomic E-state index is 0.175. The van der Waals surface area contributed by atoms with E-state index < -0.39 is 0 Å². The molecule has 0 aromatic heterocycles. The number of ether oxygens (including phenoxy) is 1. The Hall–Kier alpha value is -2.24. The average Bonchev–Trinajstić information content (AvgIpc) is 2.50. The molecular weight excluding hydrogens is 246 g/mol. The summed E-state index contributed by atoms with van der Waals surface area (Å²) in [6, 6.07) is 16.5. The summed E-state index contributed by atoms with van der Waals surface area (Å²) in [4.78, 5) is 0. The van der Waals surface area contributed by atoms with E-state index in [1.54, 1.807) is 0 Å². The van der Waals surface area contributed by atoms with Gasteiger partial charge < -0.3 is 10.1 Å². The number of benzene rings is 2. The summed E-state index contributed by atoms with van der Waals surface area (Å²) in [5, 5.41) is 3.59. The van der Waals surface area contributed by atoms with Gasteiger partial charge >= 0.3 is 0 Å². The number of unbranched alkanes of at least 4 members (excludes halogenated alkanes) is 1. The molecule has 1 heterocycles. The molecule has 2 heteroatoms. The van der Waals surface area contributed by atoms with Crippen molar-refractivity contribution in [1.29, 1.82) is 0 Å². The molecule has 1 aliphatic heterocycles. The quantitative estimate of drug-likeness (QED) is 0.667. The van der Waals surface area contributed by atoms with E-state index >= 15 is 0 Å². The number of terminal acetylenes is 1. The van der Waals surface area contributed by atoms with E-state index in [4.69, 9.17) is 11.2 Å². The van der Waals surface area contributed by atoms with Gasteiger partial charge in [-0.25, -0.2) is 0 Å². The number of nitrogens with one attached hydrogen (secondary N) is 1. The van der Waals surface area contributed by atoms with Crippen LogP contribution in [0.4, 0.5) is 0 Å². The molecule has 0 bridgehead atoms. The third-order valence-corrected chi connectivity index (χ3v) is 3.53. The minimum absolute atomic E-state index is 0.175. The summed E-state index contributed by atoms with van der Waals surface area (Å²) in [5.74, 6) is 4.54. The maximum absolute atomic E-state index is 5.96. The van der Waals surface area contributed by atoms with Crippen LogP contribution in [0.3, 0.4) is 0 Å². The molecule has 2 nitrogen and oxygen atoms in total. The summed E-state index contributed by atoms with van der Waals surface area (Å²) in [5.41, 5.74) is 2.37. The summed E-state index contributed by atoms with van der Waals surface area (Å²) < 4.78 is 5.96. The summed E-state index contributed by atoms with van der Waals surface area (Å²) in [7, 11) is 0. The first kappa shape index (κ1) is 12.8. The van der Waals surface area contributed by atoms with Gasteiger partial charge in [-0.15, -0.1) is 12.3 Å². The number of para-hydroxylation sites is 2. The van der Waals surface area contributed by atoms with Crippen molar-refractivity contribution in [2.24, 2.45) is 0 Å². The molecule has 100 valence electrons. The van der Waals surface area contributed by atoms with Gasteiger partial charge in [-0.05, 0) is 25.1 Å². The van der Waals surface area contributed by atoms with Crippen molar-refractivity contribution in [3.8, 4) is 23.8 Å². The third kappa shape index (κ3) is 2.41. The Balaban J connectivity index is 1.89. The van der Waals surface area contributed by atoms with Crippen LogP contribution in [-0.4, -0.2) is 6.54 Å². The molecule has 0 spiro atoms. The first-order valence-corrected chi connectivity index (χ1v) is 6.92. The smallest absolute Gasteiger partial charge is 0.132 e. The first-order chi connectivity index (χ1) is 9.90. The fourth-order valence-corrected chi connectivity index (χ4v) is 2.57. The molecule has 0 unspecified atom stereocenters. The number of hydrogen-bond donors (Lipinski definition) is 1. The molecule has 3 rings (SSSR count). The van der Waals surface area contributed by atoms with Crippen molar-refractivity contribution in [2.45, 2.75) is 18.9 Å². The lowest BCUT2D eigenvalue weighted by Crippen LogP contribution is -2.26. The van der Waals surface area contributed by atoms with E-state index in [1.807, 2.05) is 36.4 Å². The van der Waals surface area contributed by atoms with Crippen molar-refractivity contribution in [1.82, 2.24) is 5.32 Å². The minimum Gasteiger partial charge on any atom is -0.457 e. The van der Waals surface area contributed by atoms with Gasteiger partial charge in [0, 0.05) is 17.5 Å². The van der Waals surface area contributed by atoms with Crippen molar-refractivity contribution in [3.05, 3.63) is 59.7 Å². The van der Waals surface area contributed by atoms with E-state index in [2.05, 4.69) is 23.4 Å². The molecule has 1 N–H and O–H groups in total. The van der Waals surface area contributed by atoms with Crippen molar-refractivity contribution >= 4 is 0 Å². The van der Waals surface area contributed by atoms with E-state index in [0.717, 1.165) is 30.9 Å². The SMILES string of the molecule is C#CCCCNC1c2ccccc2Oc2ccccc21. The standard InChI is InChI=1S/C18H17NO/c1-2-3-8-13-19-18-14-9-4-6-11-16(14)20-17-12-7-5-10-15(17)18/h1,4-7,9-12,18-19H,3,8,13H2. The normalized spacial score (nSPS) is 12.9. The van der Waals surface area contributed by atoms with Crippen LogP contribution in [0.2, 0.25) is 0 Å². The van der Waals surface area contributed by atoms with Crippen molar-refractivity contribution < 1.29 is 4.74 Å². The Morgan fingerprint density at radius 1 is 1.00 bits per heavy atom. The fraction of sp³-hybridized carbons (Fsp3) is 0.222. The maximum atomic E-state index is 5.96. The third-order valence-electron chi connectivity index (χ3n) is 3.53. The molecule has 0 radical (unpaired) electrons. The molecule has 20 heavy (non-hydrogen) atoms. The number of hydrogen-bond acceptors (Lipinski definition) is 2. The monoisotopic (exact) mass is 263 g/mol. The Morgan fingerprint density at radius 3 is 2.20 bits per heavy atom. The van der Waals surface area contributed by atoms with E-state index in [9.17, 15) is 0 Å². The highest BCUT2D eigenvalue weighted by atomic mass is 16.5. The second-order valence-electron chi connectivity index (χ2n) is 4.87. The van der Waals surface area contributed by atoms with Crippen LogP contribution < -0.4 is 10.1 Å². The Labute approximate surface area is 119 Å². The van der Waals surface area contributed by atoms with Crippen molar-refractivity contribution in [3.63, 3.8) is 0 Å². The van der Waals surface area contributed by atoms with Crippen LogP contribution in [0, 0.1) is 12.3 Å². The van der Waals surface area contributed by atoms with Gasteiger partial charge in [0.2, 0.25) is 0 Å². The topological polar surface area (TPSA) is 21.3 Å². The van der Waals surface area contributed by atoms with Gasteiger partial charge in [0.1, 0.15) is 11.5 Å². The lowest BCUT2D eigenvalue weighted by Gasteiger charge is -2.28. The maximum Gasteiger partial charge on any atom is 0.132 e. The molecule has 0 atom stereocenters. The van der Waals surface area contributed by atoms with Crippen LogP contribution in [0.5, 0.6) is 11.5 Å². The second-order valence-corrected chi connectivity index (χ2v) is 4.87. The zero-order valence-electron chi connectivity index (χ0n) is 11.3. The zero-order chi connectivity index (χ0) is 13.8. The van der Waals surface area contributed by atoms with Gasteiger partial charge in [-0.3, -0.25) is 0 Å². The molecule has 0 saturated carbocycles. The molecule has 0 saturated heterocycles. The molecule has 0 amide bonds. The predicted octanol–water partition coefficient (Wildman–Crippen LogP) is 3.88. The summed E-state index contributed by atoms with van der Waals surface area (Å²) in [6.45, 7) is 0.900. The highest BCUT2D eigenvalue weighted by molar-refractivity contribution is 5.52. The predicted molar refractivity (Wildman–Crippen MR) is 80.9 cm³/mol. The molecule has 0 aliphatic carbocycles. The lowest BCUT2D eigenvalue weighted by atomic mass is 9.94.